The summed E-state index contributed by atoms with van der Waals surface area (Å²) in [6.07, 6.45) is 1.53. The van der Waals surface area contributed by atoms with Gasteiger partial charge in [0.1, 0.15) is 6.61 Å². The van der Waals surface area contributed by atoms with Crippen LogP contribution in [0.5, 0.6) is 0 Å². The van der Waals surface area contributed by atoms with E-state index >= 15 is 0 Å². The zero-order valence-corrected chi connectivity index (χ0v) is 11.2. The van der Waals surface area contributed by atoms with Gasteiger partial charge in [0.05, 0.1) is 11.1 Å². The summed E-state index contributed by atoms with van der Waals surface area (Å²) < 4.78 is 0. The van der Waals surface area contributed by atoms with E-state index in [1.54, 1.807) is 24.3 Å². The molecule has 5 nitrogen and oxygen atoms in total. The Morgan fingerprint density at radius 3 is 2.80 bits per heavy atom. The molecule has 2 rings (SSSR count). The van der Waals surface area contributed by atoms with E-state index in [-0.39, 0.29) is 12.3 Å². The van der Waals surface area contributed by atoms with Crippen LogP contribution in [-0.2, 0) is 11.4 Å². The lowest BCUT2D eigenvalue weighted by Gasteiger charge is -2.00. The van der Waals surface area contributed by atoms with E-state index in [1.807, 2.05) is 12.1 Å². The number of nitro groups is 1. The fraction of sp³-hybridized carbons (Fsp3) is 0.0714. The van der Waals surface area contributed by atoms with E-state index in [0.717, 1.165) is 5.56 Å². The molecule has 0 fully saturated rings. The number of oxime groups is 1. The van der Waals surface area contributed by atoms with Gasteiger partial charge in [0.25, 0.3) is 5.69 Å². The molecule has 6 heteroatoms. The van der Waals surface area contributed by atoms with Gasteiger partial charge < -0.3 is 4.84 Å². The molecule has 0 radical (unpaired) electrons. The van der Waals surface area contributed by atoms with Crippen LogP contribution in [0.2, 0.25) is 5.02 Å². The second-order valence-corrected chi connectivity index (χ2v) is 4.43. The Kier molecular flexibility index (Phi) is 4.68. The van der Waals surface area contributed by atoms with Crippen LogP contribution in [-0.4, -0.2) is 11.1 Å². The number of hydrogen-bond acceptors (Lipinski definition) is 4. The molecule has 0 aliphatic rings. The number of halogens is 1. The van der Waals surface area contributed by atoms with E-state index in [1.165, 1.54) is 18.3 Å². The average Bonchev–Trinajstić information content (AvgIpc) is 2.44. The first-order chi connectivity index (χ1) is 9.65. The third-order valence-corrected chi connectivity index (χ3v) is 2.71. The van der Waals surface area contributed by atoms with Gasteiger partial charge in [-0.1, -0.05) is 41.0 Å². The molecule has 0 saturated carbocycles. The van der Waals surface area contributed by atoms with Crippen LogP contribution < -0.4 is 0 Å². The maximum absolute atomic E-state index is 10.6. The zero-order chi connectivity index (χ0) is 14.4. The number of rotatable bonds is 5. The van der Waals surface area contributed by atoms with Crippen molar-refractivity contribution in [1.82, 2.24) is 0 Å². The number of non-ortho nitro benzene ring substituents is 1. The van der Waals surface area contributed by atoms with Crippen molar-refractivity contribution in [1.29, 1.82) is 0 Å². The van der Waals surface area contributed by atoms with Gasteiger partial charge in [-0.15, -0.1) is 0 Å². The van der Waals surface area contributed by atoms with Gasteiger partial charge in [-0.3, -0.25) is 10.1 Å². The summed E-state index contributed by atoms with van der Waals surface area (Å²) in [7, 11) is 0. The summed E-state index contributed by atoms with van der Waals surface area (Å²) in [5, 5.41) is 15.0. The largest absolute Gasteiger partial charge is 0.391 e. The molecule has 2 aromatic carbocycles. The highest BCUT2D eigenvalue weighted by molar-refractivity contribution is 6.30. The number of nitrogens with zero attached hydrogens (tertiary/aromatic N) is 2. The molecule has 20 heavy (non-hydrogen) atoms. The molecular weight excluding hydrogens is 280 g/mol. The van der Waals surface area contributed by atoms with Gasteiger partial charge >= 0.3 is 0 Å². The molecule has 0 bridgehead atoms. The topological polar surface area (TPSA) is 64.7 Å². The van der Waals surface area contributed by atoms with Crippen LogP contribution >= 0.6 is 11.6 Å². The van der Waals surface area contributed by atoms with Crippen molar-refractivity contribution in [3.05, 3.63) is 74.8 Å². The molecule has 0 aliphatic heterocycles. The van der Waals surface area contributed by atoms with E-state index in [2.05, 4.69) is 5.16 Å². The van der Waals surface area contributed by atoms with Gasteiger partial charge in [0.2, 0.25) is 0 Å². The molecule has 0 unspecified atom stereocenters. The summed E-state index contributed by atoms with van der Waals surface area (Å²) in [4.78, 5) is 15.3. The van der Waals surface area contributed by atoms with Crippen LogP contribution in [0, 0.1) is 10.1 Å². The summed E-state index contributed by atoms with van der Waals surface area (Å²) in [6, 6.07) is 13.4. The first-order valence-electron chi connectivity index (χ1n) is 5.79. The molecule has 0 aliphatic carbocycles. The Labute approximate surface area is 120 Å². The van der Waals surface area contributed by atoms with Crippen LogP contribution in [0.4, 0.5) is 5.69 Å². The molecule has 102 valence electrons. The lowest BCUT2D eigenvalue weighted by molar-refractivity contribution is -0.384. The Balaban J connectivity index is 1.93. The van der Waals surface area contributed by atoms with E-state index in [4.69, 9.17) is 16.4 Å². The third-order valence-electron chi connectivity index (χ3n) is 2.48. The number of nitro benzene ring substituents is 1. The maximum atomic E-state index is 10.6. The van der Waals surface area contributed by atoms with Crippen LogP contribution in [0.15, 0.2) is 53.7 Å². The fourth-order valence-electron chi connectivity index (χ4n) is 1.56. The lowest BCUT2D eigenvalue weighted by atomic mass is 10.2. The van der Waals surface area contributed by atoms with Crippen LogP contribution in [0.25, 0.3) is 0 Å². The predicted molar refractivity (Wildman–Crippen MR) is 76.9 cm³/mol. The average molecular weight is 291 g/mol. The molecule has 0 atom stereocenters. The van der Waals surface area contributed by atoms with Crippen molar-refractivity contribution < 1.29 is 9.76 Å². The fourth-order valence-corrected chi connectivity index (χ4v) is 1.76. The Hall–Kier alpha value is -2.40. The molecule has 0 N–H and O–H groups in total. The van der Waals surface area contributed by atoms with Gasteiger partial charge in [-0.05, 0) is 23.3 Å². The molecule has 0 heterocycles. The quantitative estimate of drug-likeness (QED) is 0.478. The Bertz CT molecular complexity index is 644. The van der Waals surface area contributed by atoms with Gasteiger partial charge in [-0.2, -0.15) is 0 Å². The standard InChI is InChI=1S/C14H11ClN2O3/c15-13-5-1-3-11(7-13)9-16-20-10-12-4-2-6-14(8-12)17(18)19/h1-9H,10H2/b16-9-. The highest BCUT2D eigenvalue weighted by Crippen LogP contribution is 2.14. The van der Waals surface area contributed by atoms with Crippen molar-refractivity contribution in [3.8, 4) is 0 Å². The lowest BCUT2D eigenvalue weighted by Crippen LogP contribution is -1.92. The monoisotopic (exact) mass is 290 g/mol. The highest BCUT2D eigenvalue weighted by Gasteiger charge is 2.05. The summed E-state index contributed by atoms with van der Waals surface area (Å²) >= 11 is 5.83. The minimum atomic E-state index is -0.446. The van der Waals surface area contributed by atoms with Gasteiger partial charge in [-0.25, -0.2) is 0 Å². The van der Waals surface area contributed by atoms with Crippen molar-refractivity contribution >= 4 is 23.5 Å². The first kappa shape index (κ1) is 14.0. The van der Waals surface area contributed by atoms with Crippen molar-refractivity contribution in [3.63, 3.8) is 0 Å². The van der Waals surface area contributed by atoms with E-state index in [0.29, 0.717) is 10.6 Å². The SMILES string of the molecule is O=[N+]([O-])c1cccc(CO/N=C\c2cccc(Cl)c2)c1. The summed E-state index contributed by atoms with van der Waals surface area (Å²) in [6.45, 7) is 0.165. The zero-order valence-electron chi connectivity index (χ0n) is 10.4. The number of hydrogen-bond donors (Lipinski definition) is 0. The molecular formula is C14H11ClN2O3. The first-order valence-corrected chi connectivity index (χ1v) is 6.17. The molecule has 0 aromatic heterocycles. The maximum Gasteiger partial charge on any atom is 0.269 e. The second-order valence-electron chi connectivity index (χ2n) is 3.99. The van der Waals surface area contributed by atoms with E-state index in [9.17, 15) is 10.1 Å². The van der Waals surface area contributed by atoms with Gasteiger partial charge in [0, 0.05) is 17.2 Å². The minimum Gasteiger partial charge on any atom is -0.391 e. The highest BCUT2D eigenvalue weighted by atomic mass is 35.5. The summed E-state index contributed by atoms with van der Waals surface area (Å²) in [5.74, 6) is 0. The van der Waals surface area contributed by atoms with Crippen molar-refractivity contribution in [2.45, 2.75) is 6.61 Å². The molecule has 0 saturated heterocycles. The smallest absolute Gasteiger partial charge is 0.269 e. The van der Waals surface area contributed by atoms with Crippen LogP contribution in [0.3, 0.4) is 0 Å². The van der Waals surface area contributed by atoms with Gasteiger partial charge in [0.15, 0.2) is 0 Å². The minimum absolute atomic E-state index is 0.0323. The Morgan fingerprint density at radius 2 is 2.05 bits per heavy atom. The molecule has 2 aromatic rings. The van der Waals surface area contributed by atoms with Crippen LogP contribution in [0.1, 0.15) is 11.1 Å². The van der Waals surface area contributed by atoms with E-state index < -0.39 is 4.92 Å². The van der Waals surface area contributed by atoms with Crippen molar-refractivity contribution in [2.75, 3.05) is 0 Å². The molecule has 0 spiro atoms. The number of benzene rings is 2. The Morgan fingerprint density at radius 1 is 1.25 bits per heavy atom. The summed E-state index contributed by atoms with van der Waals surface area (Å²) in [5.41, 5.74) is 1.53. The molecule has 0 amide bonds. The third kappa shape index (κ3) is 4.07. The van der Waals surface area contributed by atoms with Crippen molar-refractivity contribution in [2.24, 2.45) is 5.16 Å². The normalized spacial score (nSPS) is 10.7. The predicted octanol–water partition coefficient (Wildman–Crippen LogP) is 3.80. The second kappa shape index (κ2) is 6.68.